The monoisotopic (exact) mass is 299 g/mol. The molecule has 1 amide bonds. The Morgan fingerprint density at radius 1 is 1.45 bits per heavy atom. The summed E-state index contributed by atoms with van der Waals surface area (Å²) in [6.07, 6.45) is 1.29. The first-order valence-electron chi connectivity index (χ1n) is 5.47. The van der Waals surface area contributed by atoms with Gasteiger partial charge in [-0.1, -0.05) is 5.16 Å². The quantitative estimate of drug-likeness (QED) is 0.404. The van der Waals surface area contributed by atoms with Gasteiger partial charge in [0.2, 0.25) is 5.88 Å². The Bertz CT molecular complexity index is 746. The van der Waals surface area contributed by atoms with E-state index in [1.54, 1.807) is 6.92 Å². The van der Waals surface area contributed by atoms with E-state index >= 15 is 0 Å². The maximum absolute atomic E-state index is 12.1. The number of amides is 1. The highest BCUT2D eigenvalue weighted by Gasteiger charge is 2.21. The maximum Gasteiger partial charge on any atom is 0.281 e. The first kappa shape index (κ1) is 14.1. The first-order valence-corrected chi connectivity index (χ1v) is 6.95. The Balaban J connectivity index is 2.32. The van der Waals surface area contributed by atoms with Gasteiger partial charge in [0.05, 0.1) is 5.69 Å². The van der Waals surface area contributed by atoms with E-state index in [9.17, 15) is 13.2 Å². The molecule has 2 rings (SSSR count). The topological polar surface area (TPSA) is 132 Å². The number of sulfonamides is 1. The zero-order valence-electron chi connectivity index (χ0n) is 10.7. The number of aryl methyl sites for hydroxylation is 2. The third-order valence-electron chi connectivity index (χ3n) is 2.52. The summed E-state index contributed by atoms with van der Waals surface area (Å²) in [5.41, 5.74) is 2.59. The van der Waals surface area contributed by atoms with Crippen LogP contribution in [0, 0.1) is 6.92 Å². The van der Waals surface area contributed by atoms with Gasteiger partial charge in [0.15, 0.2) is 0 Å². The summed E-state index contributed by atoms with van der Waals surface area (Å²) in [6, 6.07) is 2.64. The van der Waals surface area contributed by atoms with Crippen LogP contribution < -0.4 is 16.0 Å². The lowest BCUT2D eigenvalue weighted by atomic mass is 10.4. The maximum atomic E-state index is 12.1. The van der Waals surface area contributed by atoms with Gasteiger partial charge in [-0.3, -0.25) is 10.2 Å². The molecule has 0 aliphatic heterocycles. The van der Waals surface area contributed by atoms with Gasteiger partial charge in [0.25, 0.3) is 15.9 Å². The lowest BCUT2D eigenvalue weighted by molar-refractivity contribution is 0.0945. The summed E-state index contributed by atoms with van der Waals surface area (Å²) in [5, 5.41) is 3.57. The summed E-state index contributed by atoms with van der Waals surface area (Å²) in [5.74, 6) is 4.42. The number of aromatic nitrogens is 2. The highest BCUT2D eigenvalue weighted by Crippen LogP contribution is 2.18. The number of anilines is 1. The highest BCUT2D eigenvalue weighted by molar-refractivity contribution is 7.92. The van der Waals surface area contributed by atoms with Crippen LogP contribution in [0.2, 0.25) is 0 Å². The molecule has 0 fully saturated rings. The largest absolute Gasteiger partial charge is 0.345 e. The minimum atomic E-state index is -3.87. The third-order valence-corrected chi connectivity index (χ3v) is 3.83. The molecule has 0 bridgehead atoms. The number of hydrogen-bond donors (Lipinski definition) is 3. The molecule has 4 N–H and O–H groups in total. The number of nitrogen functional groups attached to an aromatic ring is 1. The molecule has 0 aliphatic rings. The molecule has 2 aromatic heterocycles. The van der Waals surface area contributed by atoms with Gasteiger partial charge in [-0.25, -0.2) is 19.0 Å². The average molecular weight is 299 g/mol. The lowest BCUT2D eigenvalue weighted by Crippen LogP contribution is -2.31. The van der Waals surface area contributed by atoms with Crippen molar-refractivity contribution in [3.8, 4) is 0 Å². The molecule has 2 heterocycles. The molecule has 0 aromatic carbocycles. The molecule has 0 saturated heterocycles. The number of nitrogens with one attached hydrogen (secondary N) is 2. The second-order valence-electron chi connectivity index (χ2n) is 4.08. The van der Waals surface area contributed by atoms with E-state index in [2.05, 4.69) is 9.88 Å². The van der Waals surface area contributed by atoms with Crippen LogP contribution in [-0.4, -0.2) is 24.0 Å². The molecule has 10 heteroatoms. The van der Waals surface area contributed by atoms with E-state index < -0.39 is 15.9 Å². The van der Waals surface area contributed by atoms with Crippen molar-refractivity contribution in [2.45, 2.75) is 11.8 Å². The molecule has 0 atom stereocenters. The zero-order chi connectivity index (χ0) is 14.9. The van der Waals surface area contributed by atoms with Gasteiger partial charge >= 0.3 is 0 Å². The first-order chi connectivity index (χ1) is 9.33. The van der Waals surface area contributed by atoms with Gasteiger partial charge in [0.1, 0.15) is 10.6 Å². The number of rotatable bonds is 4. The molecule has 0 aliphatic carbocycles. The summed E-state index contributed by atoms with van der Waals surface area (Å²) in [7, 11) is -2.34. The minimum Gasteiger partial charge on any atom is -0.345 e. The molecule has 0 unspecified atom stereocenters. The van der Waals surface area contributed by atoms with Crippen molar-refractivity contribution in [2.24, 2.45) is 12.9 Å². The number of nitrogens with two attached hydrogens (primary N) is 1. The second kappa shape index (κ2) is 4.98. The van der Waals surface area contributed by atoms with Crippen LogP contribution in [0.5, 0.6) is 0 Å². The van der Waals surface area contributed by atoms with E-state index in [1.165, 1.54) is 29.9 Å². The third kappa shape index (κ3) is 2.65. The zero-order valence-corrected chi connectivity index (χ0v) is 11.6. The van der Waals surface area contributed by atoms with Gasteiger partial charge in [-0.05, 0) is 13.0 Å². The van der Waals surface area contributed by atoms with Crippen LogP contribution in [0.3, 0.4) is 0 Å². The average Bonchev–Trinajstić information content (AvgIpc) is 2.94. The molecule has 20 heavy (non-hydrogen) atoms. The van der Waals surface area contributed by atoms with Crippen LogP contribution in [0.25, 0.3) is 0 Å². The summed E-state index contributed by atoms with van der Waals surface area (Å²) < 4.78 is 32.6. The van der Waals surface area contributed by atoms with Crippen molar-refractivity contribution < 1.29 is 17.7 Å². The van der Waals surface area contributed by atoms with Gasteiger partial charge < -0.3 is 9.09 Å². The molecule has 0 spiro atoms. The van der Waals surface area contributed by atoms with Crippen molar-refractivity contribution in [2.75, 3.05) is 4.72 Å². The Morgan fingerprint density at radius 3 is 2.70 bits per heavy atom. The summed E-state index contributed by atoms with van der Waals surface area (Å²) in [4.78, 5) is 11.3. The molecular weight excluding hydrogens is 286 g/mol. The Morgan fingerprint density at radius 2 is 2.15 bits per heavy atom. The van der Waals surface area contributed by atoms with Crippen LogP contribution in [-0.2, 0) is 17.1 Å². The predicted octanol–water partition coefficient (Wildman–Crippen LogP) is -0.274. The molecule has 0 radical (unpaired) electrons. The van der Waals surface area contributed by atoms with E-state index in [0.29, 0.717) is 5.69 Å². The fourth-order valence-corrected chi connectivity index (χ4v) is 2.63. The van der Waals surface area contributed by atoms with E-state index in [4.69, 9.17) is 10.4 Å². The summed E-state index contributed by atoms with van der Waals surface area (Å²) >= 11 is 0. The molecule has 2 aromatic rings. The molecule has 0 saturated carbocycles. The van der Waals surface area contributed by atoms with Crippen molar-refractivity contribution in [1.82, 2.24) is 15.1 Å². The fourth-order valence-electron chi connectivity index (χ4n) is 1.58. The van der Waals surface area contributed by atoms with Crippen molar-refractivity contribution >= 4 is 21.8 Å². The second-order valence-corrected chi connectivity index (χ2v) is 5.77. The van der Waals surface area contributed by atoms with Gasteiger partial charge in [-0.15, -0.1) is 0 Å². The van der Waals surface area contributed by atoms with Crippen LogP contribution in [0.4, 0.5) is 5.88 Å². The normalized spacial score (nSPS) is 11.3. The van der Waals surface area contributed by atoms with Gasteiger partial charge in [-0.2, -0.15) is 0 Å². The van der Waals surface area contributed by atoms with Crippen molar-refractivity contribution in [1.29, 1.82) is 0 Å². The van der Waals surface area contributed by atoms with E-state index in [-0.39, 0.29) is 16.5 Å². The summed E-state index contributed by atoms with van der Waals surface area (Å²) in [6.45, 7) is 1.66. The minimum absolute atomic E-state index is 0.00354. The fraction of sp³-hybridized carbons (Fsp3) is 0.200. The van der Waals surface area contributed by atoms with E-state index in [1.807, 2.05) is 5.43 Å². The number of carbonyl (C=O) groups is 1. The van der Waals surface area contributed by atoms with Crippen LogP contribution in [0.1, 0.15) is 16.2 Å². The SMILES string of the molecule is Cc1cc(NS(=O)(=O)c2cc(C(=O)NN)n(C)c2)on1. The number of nitrogens with zero attached hydrogens (tertiary/aromatic N) is 2. The lowest BCUT2D eigenvalue weighted by Gasteiger charge is -2.00. The molecule has 9 nitrogen and oxygen atoms in total. The van der Waals surface area contributed by atoms with Crippen molar-refractivity contribution in [3.05, 3.63) is 29.7 Å². The number of hydrogen-bond acceptors (Lipinski definition) is 6. The van der Waals surface area contributed by atoms with Crippen LogP contribution in [0.15, 0.2) is 27.7 Å². The smallest absolute Gasteiger partial charge is 0.281 e. The number of hydrazine groups is 1. The number of carbonyl (C=O) groups excluding carboxylic acids is 1. The van der Waals surface area contributed by atoms with E-state index in [0.717, 1.165) is 0 Å². The van der Waals surface area contributed by atoms with Crippen LogP contribution >= 0.6 is 0 Å². The standard InChI is InChI=1S/C10H13N5O4S/c1-6-3-9(19-13-6)14-20(17,18)7-4-8(10(16)12-11)15(2)5-7/h3-5,14H,11H2,1-2H3,(H,12,16). The van der Waals surface area contributed by atoms with Crippen molar-refractivity contribution in [3.63, 3.8) is 0 Å². The Labute approximate surface area is 114 Å². The Hall–Kier alpha value is -2.33. The Kier molecular flexibility index (Phi) is 3.51. The molecule has 108 valence electrons. The highest BCUT2D eigenvalue weighted by atomic mass is 32.2. The van der Waals surface area contributed by atoms with Gasteiger partial charge in [0, 0.05) is 19.3 Å². The predicted molar refractivity (Wildman–Crippen MR) is 69.1 cm³/mol. The molecular formula is C10H13N5O4S.